The average Bonchev–Trinajstić information content (AvgIpc) is 2.64. The number of halogens is 1. The molecule has 1 atom stereocenters. The molecule has 0 aliphatic carbocycles. The highest BCUT2D eigenvalue weighted by atomic mass is 35.5. The molecule has 140 valence electrons. The lowest BCUT2D eigenvalue weighted by Crippen LogP contribution is -2.46. The molecule has 1 unspecified atom stereocenters. The summed E-state index contributed by atoms with van der Waals surface area (Å²) < 4.78 is 5.20. The van der Waals surface area contributed by atoms with Gasteiger partial charge in [-0.2, -0.15) is 0 Å². The van der Waals surface area contributed by atoms with Crippen molar-refractivity contribution in [1.82, 2.24) is 10.2 Å². The van der Waals surface area contributed by atoms with E-state index in [1.165, 1.54) is 0 Å². The second kappa shape index (κ2) is 10.9. The molecule has 0 bridgehead atoms. The summed E-state index contributed by atoms with van der Waals surface area (Å²) in [5.74, 6) is 0.792. The first-order chi connectivity index (χ1) is 11.6. The molecule has 1 aliphatic heterocycles. The van der Waals surface area contributed by atoms with E-state index in [0.717, 1.165) is 30.7 Å². The average molecular weight is 370 g/mol. The maximum absolute atomic E-state index is 12.5. The molecule has 2 amide bonds. The van der Waals surface area contributed by atoms with Crippen LogP contribution in [0.15, 0.2) is 24.3 Å². The number of nitrogens with two attached hydrogens (primary N) is 1. The lowest BCUT2D eigenvalue weighted by Gasteiger charge is -2.32. The molecular formula is C18H28ClN3O3. The van der Waals surface area contributed by atoms with E-state index in [0.29, 0.717) is 32.5 Å². The fraction of sp³-hybridized carbons (Fsp3) is 0.556. The Balaban J connectivity index is 0.00000312. The van der Waals surface area contributed by atoms with Gasteiger partial charge in [-0.1, -0.05) is 12.1 Å². The Morgan fingerprint density at radius 2 is 2.20 bits per heavy atom. The maximum Gasteiger partial charge on any atom is 0.224 e. The second-order valence-electron chi connectivity index (χ2n) is 6.11. The Morgan fingerprint density at radius 1 is 1.40 bits per heavy atom. The summed E-state index contributed by atoms with van der Waals surface area (Å²) in [7, 11) is 1.63. The van der Waals surface area contributed by atoms with Gasteiger partial charge in [-0.3, -0.25) is 9.59 Å². The van der Waals surface area contributed by atoms with Crippen molar-refractivity contribution in [3.63, 3.8) is 0 Å². The Bertz CT molecular complexity index is 568. The van der Waals surface area contributed by atoms with Crippen LogP contribution in [0.3, 0.4) is 0 Å². The summed E-state index contributed by atoms with van der Waals surface area (Å²) >= 11 is 0. The number of amides is 2. The number of ether oxygens (including phenoxy) is 1. The molecule has 0 spiro atoms. The molecule has 0 saturated carbocycles. The van der Waals surface area contributed by atoms with E-state index in [1.807, 2.05) is 29.2 Å². The van der Waals surface area contributed by atoms with E-state index in [4.69, 9.17) is 10.5 Å². The largest absolute Gasteiger partial charge is 0.497 e. The van der Waals surface area contributed by atoms with Gasteiger partial charge in [0.25, 0.3) is 0 Å². The van der Waals surface area contributed by atoms with Crippen LogP contribution in [-0.2, 0) is 16.0 Å². The summed E-state index contributed by atoms with van der Waals surface area (Å²) in [5.41, 5.74) is 6.49. The third kappa shape index (κ3) is 6.55. The molecule has 1 saturated heterocycles. The number of carbonyl (C=O) groups excluding carboxylic acids is 2. The van der Waals surface area contributed by atoms with E-state index >= 15 is 0 Å². The molecule has 6 nitrogen and oxygen atoms in total. The minimum Gasteiger partial charge on any atom is -0.497 e. The number of methoxy groups -OCH3 is 1. The van der Waals surface area contributed by atoms with E-state index in [-0.39, 0.29) is 30.1 Å². The third-order valence-corrected chi connectivity index (χ3v) is 4.35. The zero-order valence-corrected chi connectivity index (χ0v) is 15.5. The van der Waals surface area contributed by atoms with Crippen LogP contribution in [0.4, 0.5) is 0 Å². The summed E-state index contributed by atoms with van der Waals surface area (Å²) in [6, 6.07) is 7.76. The lowest BCUT2D eigenvalue weighted by molar-refractivity contribution is -0.135. The van der Waals surface area contributed by atoms with Gasteiger partial charge in [0.1, 0.15) is 5.75 Å². The molecule has 2 rings (SSSR count). The molecule has 0 aromatic heterocycles. The number of likely N-dealkylation sites (tertiary alicyclic amines) is 1. The zero-order valence-electron chi connectivity index (χ0n) is 14.7. The Kier molecular flexibility index (Phi) is 9.31. The van der Waals surface area contributed by atoms with Gasteiger partial charge in [-0.15, -0.1) is 12.4 Å². The monoisotopic (exact) mass is 369 g/mol. The van der Waals surface area contributed by atoms with Crippen LogP contribution in [0.2, 0.25) is 0 Å². The minimum atomic E-state index is -0.119. The number of hydrogen-bond donors (Lipinski definition) is 2. The number of rotatable bonds is 7. The summed E-state index contributed by atoms with van der Waals surface area (Å²) in [4.78, 5) is 26.3. The number of benzene rings is 1. The van der Waals surface area contributed by atoms with Crippen molar-refractivity contribution in [2.75, 3.05) is 33.3 Å². The van der Waals surface area contributed by atoms with Gasteiger partial charge < -0.3 is 20.7 Å². The number of nitrogens with zero attached hydrogens (tertiary/aromatic N) is 1. The standard InChI is InChI=1S/C18H27N3O3.ClH/c1-24-16-6-2-4-14(12-16)7-8-17(22)21-11-3-5-15(13-21)18(23)20-10-9-19;/h2,4,6,12,15H,3,5,7-11,13,19H2,1H3,(H,20,23);1H. The lowest BCUT2D eigenvalue weighted by atomic mass is 9.96. The van der Waals surface area contributed by atoms with Gasteiger partial charge in [0.05, 0.1) is 13.0 Å². The first kappa shape index (κ1) is 21.3. The first-order valence-electron chi connectivity index (χ1n) is 8.52. The van der Waals surface area contributed by atoms with Crippen LogP contribution in [0.1, 0.15) is 24.8 Å². The molecule has 1 heterocycles. The molecule has 0 radical (unpaired) electrons. The topological polar surface area (TPSA) is 84.7 Å². The highest BCUT2D eigenvalue weighted by molar-refractivity contribution is 5.85. The van der Waals surface area contributed by atoms with Crippen molar-refractivity contribution in [2.24, 2.45) is 11.7 Å². The van der Waals surface area contributed by atoms with E-state index in [1.54, 1.807) is 7.11 Å². The van der Waals surface area contributed by atoms with E-state index in [2.05, 4.69) is 5.32 Å². The van der Waals surface area contributed by atoms with Crippen molar-refractivity contribution >= 4 is 24.2 Å². The van der Waals surface area contributed by atoms with Gasteiger partial charge in [0, 0.05) is 32.6 Å². The predicted octanol–water partition coefficient (Wildman–Crippen LogP) is 1.36. The van der Waals surface area contributed by atoms with Crippen molar-refractivity contribution in [1.29, 1.82) is 0 Å². The van der Waals surface area contributed by atoms with Crippen LogP contribution in [0.5, 0.6) is 5.75 Å². The van der Waals surface area contributed by atoms with Crippen LogP contribution in [-0.4, -0.2) is 50.0 Å². The zero-order chi connectivity index (χ0) is 17.4. The Morgan fingerprint density at radius 3 is 2.92 bits per heavy atom. The second-order valence-corrected chi connectivity index (χ2v) is 6.11. The minimum absolute atomic E-state index is 0. The van der Waals surface area contributed by atoms with Crippen LogP contribution < -0.4 is 15.8 Å². The first-order valence-corrected chi connectivity index (χ1v) is 8.52. The smallest absolute Gasteiger partial charge is 0.224 e. The summed E-state index contributed by atoms with van der Waals surface area (Å²) in [6.07, 6.45) is 2.82. The SMILES string of the molecule is COc1cccc(CCC(=O)N2CCCC(C(=O)NCCN)C2)c1.Cl. The molecule has 7 heteroatoms. The molecular weight excluding hydrogens is 342 g/mol. The van der Waals surface area contributed by atoms with Crippen molar-refractivity contribution in [3.8, 4) is 5.75 Å². The number of hydrogen-bond acceptors (Lipinski definition) is 4. The highest BCUT2D eigenvalue weighted by Gasteiger charge is 2.27. The predicted molar refractivity (Wildman–Crippen MR) is 99.9 cm³/mol. The summed E-state index contributed by atoms with van der Waals surface area (Å²) in [5, 5.41) is 2.82. The fourth-order valence-corrected chi connectivity index (χ4v) is 2.99. The molecule has 1 aliphatic rings. The van der Waals surface area contributed by atoms with Gasteiger partial charge in [0.2, 0.25) is 11.8 Å². The molecule has 1 aromatic rings. The maximum atomic E-state index is 12.5. The van der Waals surface area contributed by atoms with Crippen molar-refractivity contribution in [2.45, 2.75) is 25.7 Å². The molecule has 1 fully saturated rings. The number of piperidine rings is 1. The van der Waals surface area contributed by atoms with Crippen molar-refractivity contribution in [3.05, 3.63) is 29.8 Å². The van der Waals surface area contributed by atoms with Crippen LogP contribution in [0.25, 0.3) is 0 Å². The summed E-state index contributed by atoms with van der Waals surface area (Å²) in [6.45, 7) is 2.16. The molecule has 3 N–H and O–H groups in total. The van der Waals surface area contributed by atoms with E-state index in [9.17, 15) is 9.59 Å². The fourth-order valence-electron chi connectivity index (χ4n) is 2.99. The normalized spacial score (nSPS) is 16.7. The van der Waals surface area contributed by atoms with Crippen molar-refractivity contribution < 1.29 is 14.3 Å². The van der Waals surface area contributed by atoms with Crippen LogP contribution in [0, 0.1) is 5.92 Å². The number of aryl methyl sites for hydroxylation is 1. The van der Waals surface area contributed by atoms with Gasteiger partial charge >= 0.3 is 0 Å². The van der Waals surface area contributed by atoms with Gasteiger partial charge in [-0.25, -0.2) is 0 Å². The number of carbonyl (C=O) groups is 2. The third-order valence-electron chi connectivity index (χ3n) is 4.35. The number of nitrogens with one attached hydrogen (secondary N) is 1. The van der Waals surface area contributed by atoms with Gasteiger partial charge in [-0.05, 0) is 37.0 Å². The van der Waals surface area contributed by atoms with Gasteiger partial charge in [0.15, 0.2) is 0 Å². The molecule has 1 aromatic carbocycles. The van der Waals surface area contributed by atoms with Crippen LogP contribution >= 0.6 is 12.4 Å². The quantitative estimate of drug-likeness (QED) is 0.760. The Labute approximate surface area is 155 Å². The highest BCUT2D eigenvalue weighted by Crippen LogP contribution is 2.19. The molecule has 25 heavy (non-hydrogen) atoms. The Hall–Kier alpha value is -1.79. The van der Waals surface area contributed by atoms with E-state index < -0.39 is 0 Å².